The van der Waals surface area contributed by atoms with Gasteiger partial charge in [0, 0.05) is 41.1 Å². The fourth-order valence-corrected chi connectivity index (χ4v) is 5.75. The van der Waals surface area contributed by atoms with Gasteiger partial charge in [0.2, 0.25) is 5.69 Å². The van der Waals surface area contributed by atoms with Crippen molar-refractivity contribution in [3.63, 3.8) is 0 Å². The van der Waals surface area contributed by atoms with Crippen molar-refractivity contribution >= 4 is 29.0 Å². The first-order valence-corrected chi connectivity index (χ1v) is 13.6. The zero-order valence-corrected chi connectivity index (χ0v) is 24.1. The maximum Gasteiger partial charge on any atom is 0.335 e. The van der Waals surface area contributed by atoms with Gasteiger partial charge in [-0.2, -0.15) is 4.58 Å². The molecule has 2 heterocycles. The lowest BCUT2D eigenvalue weighted by Gasteiger charge is -2.26. The van der Waals surface area contributed by atoms with E-state index in [-0.39, 0.29) is 22.0 Å². The molecular formula is C35H37N2O4+. The molecule has 2 aromatic rings. The van der Waals surface area contributed by atoms with E-state index in [9.17, 15) is 19.8 Å². The van der Waals surface area contributed by atoms with E-state index >= 15 is 0 Å². The molecule has 0 saturated heterocycles. The molecule has 2 N–H and O–H groups in total. The lowest BCUT2D eigenvalue weighted by molar-refractivity contribution is -0.425. The third-order valence-electron chi connectivity index (χ3n) is 7.85. The molecule has 210 valence electrons. The van der Waals surface area contributed by atoms with E-state index in [4.69, 9.17) is 0 Å². The fraction of sp³-hybridized carbons (Fsp3) is 0.229. The highest BCUT2D eigenvalue weighted by molar-refractivity contribution is 6.04. The van der Waals surface area contributed by atoms with E-state index in [0.717, 1.165) is 33.9 Å². The van der Waals surface area contributed by atoms with Crippen molar-refractivity contribution in [3.05, 3.63) is 132 Å². The summed E-state index contributed by atoms with van der Waals surface area (Å²) in [6.07, 6.45) is 17.7. The second kappa shape index (κ2) is 11.4. The number of carbonyl (C=O) groups is 2. The van der Waals surface area contributed by atoms with Crippen LogP contribution in [0.4, 0.5) is 11.4 Å². The van der Waals surface area contributed by atoms with E-state index in [2.05, 4.69) is 62.5 Å². The SMILES string of the molecule is C=CCN1/C(=C/C=C/C=C/C=C/C2=[N+](CC=C)c3ccc(C(=O)O)cc3C2(C)C)C(C)(C)c2cc(C(=O)O)ccc21. The molecule has 2 aromatic carbocycles. The zero-order valence-electron chi connectivity index (χ0n) is 24.1. The van der Waals surface area contributed by atoms with Crippen LogP contribution in [-0.2, 0) is 10.8 Å². The first kappa shape index (κ1) is 29.3. The molecule has 2 aliphatic heterocycles. The molecule has 41 heavy (non-hydrogen) atoms. The fourth-order valence-electron chi connectivity index (χ4n) is 5.75. The molecule has 0 unspecified atom stereocenters. The Labute approximate surface area is 242 Å². The van der Waals surface area contributed by atoms with Crippen LogP contribution in [0.2, 0.25) is 0 Å². The Morgan fingerprint density at radius 2 is 1.44 bits per heavy atom. The molecule has 0 saturated carbocycles. The second-order valence-corrected chi connectivity index (χ2v) is 11.2. The summed E-state index contributed by atoms with van der Waals surface area (Å²) >= 11 is 0. The van der Waals surface area contributed by atoms with Crippen molar-refractivity contribution in [1.82, 2.24) is 0 Å². The summed E-state index contributed by atoms with van der Waals surface area (Å²) in [5, 5.41) is 19.0. The minimum Gasteiger partial charge on any atom is -0.478 e. The average molecular weight is 550 g/mol. The topological polar surface area (TPSA) is 80.8 Å². The van der Waals surface area contributed by atoms with Crippen molar-refractivity contribution in [2.75, 3.05) is 18.0 Å². The van der Waals surface area contributed by atoms with Crippen molar-refractivity contribution in [3.8, 4) is 0 Å². The molecule has 0 aromatic heterocycles. The quantitative estimate of drug-likeness (QED) is 0.186. The Hall–Kier alpha value is -4.71. The molecular weight excluding hydrogens is 512 g/mol. The van der Waals surface area contributed by atoms with E-state index in [1.165, 1.54) is 0 Å². The Balaban J connectivity index is 1.56. The largest absolute Gasteiger partial charge is 0.478 e. The third-order valence-corrected chi connectivity index (χ3v) is 7.85. The van der Waals surface area contributed by atoms with Crippen LogP contribution in [0.25, 0.3) is 0 Å². The molecule has 0 spiro atoms. The second-order valence-electron chi connectivity index (χ2n) is 11.2. The van der Waals surface area contributed by atoms with Gasteiger partial charge >= 0.3 is 11.9 Å². The molecule has 6 nitrogen and oxygen atoms in total. The minimum absolute atomic E-state index is 0.280. The maximum atomic E-state index is 11.6. The number of carboxylic acids is 2. The van der Waals surface area contributed by atoms with Crippen LogP contribution in [0, 0.1) is 0 Å². The molecule has 0 amide bonds. The highest BCUT2D eigenvalue weighted by Gasteiger charge is 2.44. The number of anilines is 1. The van der Waals surface area contributed by atoms with Gasteiger partial charge in [-0.15, -0.1) is 6.58 Å². The Bertz CT molecular complexity index is 1580. The van der Waals surface area contributed by atoms with Crippen LogP contribution in [0.15, 0.2) is 110 Å². The highest BCUT2D eigenvalue weighted by atomic mass is 16.4. The summed E-state index contributed by atoms with van der Waals surface area (Å²) < 4.78 is 2.17. The molecule has 6 heteroatoms. The van der Waals surface area contributed by atoms with Gasteiger partial charge in [0.15, 0.2) is 12.3 Å². The molecule has 0 bridgehead atoms. The van der Waals surface area contributed by atoms with E-state index in [0.29, 0.717) is 13.1 Å². The number of nitrogens with zero attached hydrogens (tertiary/aromatic N) is 2. The van der Waals surface area contributed by atoms with Crippen LogP contribution in [0.3, 0.4) is 0 Å². The maximum absolute atomic E-state index is 11.6. The molecule has 4 rings (SSSR count). The van der Waals surface area contributed by atoms with Gasteiger partial charge in [0.25, 0.3) is 0 Å². The van der Waals surface area contributed by atoms with Crippen LogP contribution >= 0.6 is 0 Å². The van der Waals surface area contributed by atoms with E-state index in [1.54, 1.807) is 24.3 Å². The number of fused-ring (bicyclic) bond motifs is 2. The predicted octanol–water partition coefficient (Wildman–Crippen LogP) is 7.18. The summed E-state index contributed by atoms with van der Waals surface area (Å²) in [6.45, 7) is 17.5. The van der Waals surface area contributed by atoms with Crippen LogP contribution in [-0.4, -0.2) is 45.5 Å². The normalized spacial score (nSPS) is 18.0. The minimum atomic E-state index is -0.935. The Kier molecular flexibility index (Phi) is 8.15. The van der Waals surface area contributed by atoms with Gasteiger partial charge in [-0.05, 0) is 61.9 Å². The van der Waals surface area contributed by atoms with E-state index in [1.807, 2.05) is 54.7 Å². The van der Waals surface area contributed by atoms with Crippen LogP contribution in [0.1, 0.15) is 59.5 Å². The monoisotopic (exact) mass is 549 g/mol. The molecule has 0 aliphatic carbocycles. The zero-order chi connectivity index (χ0) is 29.9. The summed E-state index contributed by atoms with van der Waals surface area (Å²) in [4.78, 5) is 25.3. The third kappa shape index (κ3) is 5.38. The Morgan fingerprint density at radius 1 is 0.829 bits per heavy atom. The number of carboxylic acid groups (broad SMARTS) is 2. The van der Waals surface area contributed by atoms with Gasteiger partial charge in [-0.25, -0.2) is 9.59 Å². The lowest BCUT2D eigenvalue weighted by atomic mass is 9.81. The van der Waals surface area contributed by atoms with Crippen LogP contribution < -0.4 is 4.90 Å². The van der Waals surface area contributed by atoms with Gasteiger partial charge in [-0.3, -0.25) is 0 Å². The predicted molar refractivity (Wildman–Crippen MR) is 166 cm³/mol. The van der Waals surface area contributed by atoms with Gasteiger partial charge in [0.05, 0.1) is 16.5 Å². The summed E-state index contributed by atoms with van der Waals surface area (Å²) in [5.74, 6) is -1.87. The first-order valence-electron chi connectivity index (χ1n) is 13.6. The number of hydrogen-bond acceptors (Lipinski definition) is 3. The van der Waals surface area contributed by atoms with Gasteiger partial charge < -0.3 is 15.1 Å². The number of allylic oxidation sites excluding steroid dienone is 8. The van der Waals surface area contributed by atoms with Crippen molar-refractivity contribution < 1.29 is 24.4 Å². The van der Waals surface area contributed by atoms with Crippen molar-refractivity contribution in [1.29, 1.82) is 0 Å². The Morgan fingerprint density at radius 3 is 2.07 bits per heavy atom. The number of rotatable bonds is 10. The van der Waals surface area contributed by atoms with Gasteiger partial charge in [0.1, 0.15) is 0 Å². The van der Waals surface area contributed by atoms with Gasteiger partial charge in [-0.1, -0.05) is 56.9 Å². The van der Waals surface area contributed by atoms with E-state index < -0.39 is 11.9 Å². The number of aromatic carboxylic acids is 2. The smallest absolute Gasteiger partial charge is 0.335 e. The average Bonchev–Trinajstić information content (AvgIpc) is 3.26. The summed E-state index contributed by atoms with van der Waals surface area (Å²) in [5.41, 5.74) is 5.91. The molecule has 0 radical (unpaired) electrons. The number of hydrogen-bond donors (Lipinski definition) is 2. The summed E-state index contributed by atoms with van der Waals surface area (Å²) in [7, 11) is 0. The van der Waals surface area contributed by atoms with Crippen molar-refractivity contribution in [2.45, 2.75) is 38.5 Å². The number of benzene rings is 2. The molecule has 0 fully saturated rings. The van der Waals surface area contributed by atoms with Crippen molar-refractivity contribution in [2.24, 2.45) is 0 Å². The van der Waals surface area contributed by atoms with Crippen LogP contribution in [0.5, 0.6) is 0 Å². The molecule has 0 atom stereocenters. The molecule has 2 aliphatic rings. The lowest BCUT2D eigenvalue weighted by Crippen LogP contribution is -2.27. The first-order chi connectivity index (χ1) is 19.4. The highest BCUT2D eigenvalue weighted by Crippen LogP contribution is 2.48. The standard InChI is InChI=1S/C35H36N2O4/c1-7-20-36-28-18-16-24(32(38)39)22-26(28)34(3,4)30(36)14-12-10-9-11-13-15-31-35(5,6)27-23-25(33(40)41)17-19-29(27)37(31)21-8-2/h7-19,22-23H,1-2,20-21H2,3-6H3,(H-,38,39,40,41)/p+1. The summed E-state index contributed by atoms with van der Waals surface area (Å²) in [6, 6.07) is 10.6.